The Balaban J connectivity index is 3.52. The Labute approximate surface area is 78.1 Å². The van der Waals surface area contributed by atoms with Crippen molar-refractivity contribution in [1.29, 1.82) is 0 Å². The highest BCUT2D eigenvalue weighted by molar-refractivity contribution is 4.88. The van der Waals surface area contributed by atoms with E-state index in [0.29, 0.717) is 5.92 Å². The number of rotatable bonds is 5. The van der Waals surface area contributed by atoms with Crippen molar-refractivity contribution < 1.29 is 0 Å². The highest BCUT2D eigenvalue weighted by Crippen LogP contribution is 2.13. The molecule has 0 amide bonds. The van der Waals surface area contributed by atoms with E-state index in [4.69, 9.17) is 0 Å². The van der Waals surface area contributed by atoms with E-state index in [1.807, 2.05) is 0 Å². The van der Waals surface area contributed by atoms with Crippen LogP contribution in [0.3, 0.4) is 0 Å². The molecular formula is C12H24. The molecule has 0 aliphatic heterocycles. The van der Waals surface area contributed by atoms with E-state index < -0.39 is 0 Å². The lowest BCUT2D eigenvalue weighted by Crippen LogP contribution is -1.95. The molecule has 0 rings (SSSR count). The summed E-state index contributed by atoms with van der Waals surface area (Å²) in [5.41, 5.74) is 0. The fraction of sp³-hybridized carbons (Fsp3) is 0.833. The zero-order chi connectivity index (χ0) is 9.56. The second-order valence-electron chi connectivity index (χ2n) is 4.58. The van der Waals surface area contributed by atoms with Crippen LogP contribution in [0, 0.1) is 17.8 Å². The van der Waals surface area contributed by atoms with Crippen LogP contribution in [0.1, 0.15) is 47.5 Å². The van der Waals surface area contributed by atoms with Crippen LogP contribution in [0.15, 0.2) is 12.2 Å². The maximum atomic E-state index is 2.35. The lowest BCUT2D eigenvalue weighted by molar-refractivity contribution is 0.501. The van der Waals surface area contributed by atoms with E-state index in [9.17, 15) is 0 Å². The van der Waals surface area contributed by atoms with Crippen LogP contribution in [-0.2, 0) is 0 Å². The molecular weight excluding hydrogens is 144 g/mol. The molecule has 0 nitrogen and oxygen atoms in total. The Bertz CT molecular complexity index is 120. The van der Waals surface area contributed by atoms with Crippen molar-refractivity contribution in [2.45, 2.75) is 47.5 Å². The van der Waals surface area contributed by atoms with Crippen LogP contribution in [0.2, 0.25) is 0 Å². The van der Waals surface area contributed by atoms with Gasteiger partial charge in [-0.1, -0.05) is 53.2 Å². The van der Waals surface area contributed by atoms with Gasteiger partial charge in [-0.25, -0.2) is 0 Å². The van der Waals surface area contributed by atoms with Gasteiger partial charge in [-0.3, -0.25) is 0 Å². The van der Waals surface area contributed by atoms with Crippen molar-refractivity contribution in [2.24, 2.45) is 17.8 Å². The van der Waals surface area contributed by atoms with Crippen LogP contribution < -0.4 is 0 Å². The Morgan fingerprint density at radius 2 is 1.42 bits per heavy atom. The predicted octanol–water partition coefficient (Wildman–Crippen LogP) is 4.27. The maximum absolute atomic E-state index is 2.35. The molecule has 0 aliphatic rings. The highest BCUT2D eigenvalue weighted by atomic mass is 14.1. The largest absolute Gasteiger partial charge is 0.0857 e. The summed E-state index contributed by atoms with van der Waals surface area (Å²) in [5.74, 6) is 2.31. The van der Waals surface area contributed by atoms with Gasteiger partial charge in [0, 0.05) is 0 Å². The van der Waals surface area contributed by atoms with Gasteiger partial charge in [0.1, 0.15) is 0 Å². The highest BCUT2D eigenvalue weighted by Gasteiger charge is 1.99. The zero-order valence-electron chi connectivity index (χ0n) is 9.30. The summed E-state index contributed by atoms with van der Waals surface area (Å²) >= 11 is 0. The SMILES string of the molecule is CC(C)/C=C\C(C)CCC(C)C. The van der Waals surface area contributed by atoms with Crippen LogP contribution in [0.5, 0.6) is 0 Å². The van der Waals surface area contributed by atoms with Crippen molar-refractivity contribution in [3.8, 4) is 0 Å². The first-order valence-corrected chi connectivity index (χ1v) is 5.20. The van der Waals surface area contributed by atoms with Gasteiger partial charge in [-0.05, 0) is 24.2 Å². The minimum absolute atomic E-state index is 0.700. The smallest absolute Gasteiger partial charge is 0.0262 e. The Kier molecular flexibility index (Phi) is 6.14. The van der Waals surface area contributed by atoms with Gasteiger partial charge in [-0.2, -0.15) is 0 Å². The van der Waals surface area contributed by atoms with Crippen LogP contribution >= 0.6 is 0 Å². The van der Waals surface area contributed by atoms with Crippen LogP contribution in [-0.4, -0.2) is 0 Å². The molecule has 0 N–H and O–H groups in total. The van der Waals surface area contributed by atoms with Gasteiger partial charge in [-0.15, -0.1) is 0 Å². The molecule has 1 unspecified atom stereocenters. The fourth-order valence-electron chi connectivity index (χ4n) is 1.10. The second-order valence-corrected chi connectivity index (χ2v) is 4.58. The number of hydrogen-bond acceptors (Lipinski definition) is 0. The average Bonchev–Trinajstić information content (AvgIpc) is 1.96. The summed E-state index contributed by atoms with van der Waals surface area (Å²) in [5, 5.41) is 0. The van der Waals surface area contributed by atoms with E-state index in [1.165, 1.54) is 12.8 Å². The molecule has 0 radical (unpaired) electrons. The molecule has 0 saturated heterocycles. The first kappa shape index (κ1) is 11.7. The molecule has 0 spiro atoms. The first-order valence-electron chi connectivity index (χ1n) is 5.20. The van der Waals surface area contributed by atoms with E-state index in [2.05, 4.69) is 46.8 Å². The molecule has 0 bridgehead atoms. The first-order chi connectivity index (χ1) is 5.52. The monoisotopic (exact) mass is 168 g/mol. The molecule has 0 aromatic rings. The summed E-state index contributed by atoms with van der Waals surface area (Å²) in [6.45, 7) is 11.3. The van der Waals surface area contributed by atoms with Crippen molar-refractivity contribution in [3.63, 3.8) is 0 Å². The molecule has 72 valence electrons. The molecule has 12 heavy (non-hydrogen) atoms. The normalized spacial score (nSPS) is 14.9. The molecule has 0 heteroatoms. The third-order valence-electron chi connectivity index (χ3n) is 2.02. The number of hydrogen-bond donors (Lipinski definition) is 0. The van der Waals surface area contributed by atoms with Crippen molar-refractivity contribution in [2.75, 3.05) is 0 Å². The Morgan fingerprint density at radius 1 is 0.833 bits per heavy atom. The summed E-state index contributed by atoms with van der Waals surface area (Å²) < 4.78 is 0. The van der Waals surface area contributed by atoms with E-state index in [0.717, 1.165) is 11.8 Å². The summed E-state index contributed by atoms with van der Waals surface area (Å²) in [6, 6.07) is 0. The maximum Gasteiger partial charge on any atom is -0.0262 e. The molecule has 0 aliphatic carbocycles. The molecule has 0 fully saturated rings. The van der Waals surface area contributed by atoms with Crippen molar-refractivity contribution in [3.05, 3.63) is 12.2 Å². The van der Waals surface area contributed by atoms with E-state index in [-0.39, 0.29) is 0 Å². The third kappa shape index (κ3) is 7.84. The van der Waals surface area contributed by atoms with Crippen LogP contribution in [0.4, 0.5) is 0 Å². The van der Waals surface area contributed by atoms with Gasteiger partial charge in [0.05, 0.1) is 0 Å². The standard InChI is InChI=1S/C12H24/c1-10(2)6-8-12(5)9-7-11(3)4/h6,8,10-12H,7,9H2,1-5H3/b8-6-. The Morgan fingerprint density at radius 3 is 1.83 bits per heavy atom. The zero-order valence-corrected chi connectivity index (χ0v) is 9.30. The predicted molar refractivity (Wildman–Crippen MR) is 57.2 cm³/mol. The average molecular weight is 168 g/mol. The third-order valence-corrected chi connectivity index (χ3v) is 2.02. The number of allylic oxidation sites excluding steroid dienone is 2. The van der Waals surface area contributed by atoms with Gasteiger partial charge in [0.25, 0.3) is 0 Å². The molecule has 0 aromatic heterocycles. The summed E-state index contributed by atoms with van der Waals surface area (Å²) in [6.07, 6.45) is 7.35. The van der Waals surface area contributed by atoms with E-state index >= 15 is 0 Å². The molecule has 0 saturated carbocycles. The van der Waals surface area contributed by atoms with Crippen molar-refractivity contribution in [1.82, 2.24) is 0 Å². The minimum atomic E-state index is 0.700. The summed E-state index contributed by atoms with van der Waals surface area (Å²) in [7, 11) is 0. The van der Waals surface area contributed by atoms with Gasteiger partial charge in [0.2, 0.25) is 0 Å². The lowest BCUT2D eigenvalue weighted by Gasteiger charge is -2.08. The van der Waals surface area contributed by atoms with Gasteiger partial charge < -0.3 is 0 Å². The lowest BCUT2D eigenvalue weighted by atomic mass is 9.98. The molecule has 0 heterocycles. The molecule has 1 atom stereocenters. The van der Waals surface area contributed by atoms with Crippen molar-refractivity contribution >= 4 is 0 Å². The summed E-state index contributed by atoms with van der Waals surface area (Å²) in [4.78, 5) is 0. The minimum Gasteiger partial charge on any atom is -0.0857 e. The van der Waals surface area contributed by atoms with E-state index in [1.54, 1.807) is 0 Å². The van der Waals surface area contributed by atoms with Gasteiger partial charge >= 0.3 is 0 Å². The molecule has 0 aromatic carbocycles. The van der Waals surface area contributed by atoms with Crippen LogP contribution in [0.25, 0.3) is 0 Å². The second kappa shape index (κ2) is 6.28. The fourth-order valence-corrected chi connectivity index (χ4v) is 1.10. The Hall–Kier alpha value is -0.260. The quantitative estimate of drug-likeness (QED) is 0.538. The van der Waals surface area contributed by atoms with Gasteiger partial charge in [0.15, 0.2) is 0 Å². The topological polar surface area (TPSA) is 0 Å².